The number of aliphatic imine (C=N–C) groups is 1. The minimum atomic E-state index is -0.520. The number of rotatable bonds is 26. The molecule has 8 heteroatoms. The van der Waals surface area contributed by atoms with Gasteiger partial charge in [-0.2, -0.15) is 10.2 Å². The number of phenols is 1. The maximum absolute atomic E-state index is 13.2. The molecular weight excluding hydrogens is 771 g/mol. The number of hydrogen-bond donors (Lipinski definition) is 1. The topological polar surface area (TPSA) is 110 Å². The number of carbonyl (C=O) groups is 2. The van der Waals surface area contributed by atoms with Gasteiger partial charge >= 0.3 is 11.9 Å². The van der Waals surface area contributed by atoms with Crippen molar-refractivity contribution in [3.05, 3.63) is 143 Å². The largest absolute Gasteiger partial charge is 0.507 e. The number of carbonyl (C=O) groups excluding carboxylic acids is 2. The van der Waals surface area contributed by atoms with Crippen molar-refractivity contribution in [2.75, 3.05) is 0 Å². The lowest BCUT2D eigenvalue weighted by Crippen LogP contribution is -2.10. The minimum absolute atomic E-state index is 0.0998. The summed E-state index contributed by atoms with van der Waals surface area (Å²) in [5, 5.41) is 19.5. The summed E-state index contributed by atoms with van der Waals surface area (Å²) in [4.78, 5) is 30.6. The van der Waals surface area contributed by atoms with Gasteiger partial charge in [-0.05, 0) is 122 Å². The Bertz CT molecular complexity index is 2180. The van der Waals surface area contributed by atoms with Gasteiger partial charge in [0.1, 0.15) is 17.2 Å². The van der Waals surface area contributed by atoms with E-state index in [1.807, 2.05) is 24.3 Å². The van der Waals surface area contributed by atoms with Crippen molar-refractivity contribution < 1.29 is 24.2 Å². The van der Waals surface area contributed by atoms with E-state index >= 15 is 0 Å². The summed E-state index contributed by atoms with van der Waals surface area (Å²) in [6.45, 7) is 6.28. The van der Waals surface area contributed by atoms with Crippen molar-refractivity contribution in [1.82, 2.24) is 0 Å². The van der Waals surface area contributed by atoms with Crippen molar-refractivity contribution in [1.29, 1.82) is 0 Å². The van der Waals surface area contributed by atoms with Gasteiger partial charge in [0, 0.05) is 17.8 Å². The van der Waals surface area contributed by atoms with E-state index in [4.69, 9.17) is 9.47 Å². The number of aryl methyl sites for hydroxylation is 2. The van der Waals surface area contributed by atoms with Crippen LogP contribution in [0.1, 0.15) is 160 Å². The third-order valence-corrected chi connectivity index (χ3v) is 11.2. The first-order valence-electron chi connectivity index (χ1n) is 22.9. The van der Waals surface area contributed by atoms with Gasteiger partial charge in [0.2, 0.25) is 0 Å². The summed E-state index contributed by atoms with van der Waals surface area (Å²) in [7, 11) is 0. The van der Waals surface area contributed by atoms with Gasteiger partial charge in [-0.3, -0.25) is 4.99 Å². The molecule has 1 N–H and O–H groups in total. The summed E-state index contributed by atoms with van der Waals surface area (Å²) < 4.78 is 11.2. The summed E-state index contributed by atoms with van der Waals surface area (Å²) in [6.07, 6.45) is 24.4. The van der Waals surface area contributed by atoms with Gasteiger partial charge in [-0.1, -0.05) is 134 Å². The summed E-state index contributed by atoms with van der Waals surface area (Å²) in [5.41, 5.74) is 6.34. The first kappa shape index (κ1) is 47.2. The van der Waals surface area contributed by atoms with Crippen molar-refractivity contribution in [2.45, 2.75) is 136 Å². The Morgan fingerprint density at radius 3 is 1.58 bits per heavy atom. The molecule has 0 aliphatic rings. The molecule has 0 aromatic heterocycles. The molecule has 0 fully saturated rings. The number of unbranched alkanes of at least 4 members (excludes halogenated alkanes) is 14. The third kappa shape index (κ3) is 16.2. The number of azo groups is 1. The number of ether oxygens (including phenoxy) is 2. The monoisotopic (exact) mass is 835 g/mol. The van der Waals surface area contributed by atoms with E-state index in [1.54, 1.807) is 73.7 Å². The van der Waals surface area contributed by atoms with Crippen molar-refractivity contribution in [3.8, 4) is 17.2 Å². The first-order valence-corrected chi connectivity index (χ1v) is 22.9. The van der Waals surface area contributed by atoms with Gasteiger partial charge < -0.3 is 14.6 Å². The fourth-order valence-corrected chi connectivity index (χ4v) is 7.31. The molecule has 0 saturated carbocycles. The zero-order valence-electron chi connectivity index (χ0n) is 37.1. The molecule has 5 aromatic carbocycles. The van der Waals surface area contributed by atoms with Crippen LogP contribution in [-0.4, -0.2) is 23.3 Å². The zero-order chi connectivity index (χ0) is 43.8. The lowest BCUT2D eigenvalue weighted by atomic mass is 10.0. The summed E-state index contributed by atoms with van der Waals surface area (Å²) in [6, 6.07) is 32.5. The Kier molecular flexibility index (Phi) is 20.1. The number of nitrogens with zero attached hydrogens (tertiary/aromatic N) is 3. The highest BCUT2D eigenvalue weighted by atomic mass is 16.5. The molecule has 5 aromatic rings. The van der Waals surface area contributed by atoms with E-state index in [9.17, 15) is 14.7 Å². The normalized spacial score (nSPS) is 11.4. The predicted molar refractivity (Wildman–Crippen MR) is 253 cm³/mol. The molecule has 0 aliphatic carbocycles. The molecule has 0 atom stereocenters. The fraction of sp³-hybridized carbons (Fsp3) is 0.389. The van der Waals surface area contributed by atoms with Crippen LogP contribution in [-0.2, 0) is 12.8 Å². The Hall–Kier alpha value is -5.89. The quantitative estimate of drug-likeness (QED) is 0.0196. The van der Waals surface area contributed by atoms with E-state index in [0.717, 1.165) is 24.9 Å². The van der Waals surface area contributed by atoms with Crippen molar-refractivity contribution >= 4 is 35.2 Å². The van der Waals surface area contributed by atoms with Crippen LogP contribution >= 0.6 is 0 Å². The standard InChI is InChI=1S/C54H65N3O5/c1-4-6-8-10-12-13-14-15-17-19-22-43-27-32-46(33-28-43)56-57-47-34-37-48(38-35-47)61-54(60)50-23-20-24-51(41(50)3)55-40-45-31-36-49(39-52(45)58)62-53(59)44-29-25-42(26-30-44)21-18-16-11-9-7-5-2/h20,23-40,58H,4-19,21-22H2,1-3H3. The van der Waals surface area contributed by atoms with Crippen molar-refractivity contribution in [2.24, 2.45) is 15.2 Å². The first-order chi connectivity index (χ1) is 30.3. The lowest BCUT2D eigenvalue weighted by molar-refractivity contribution is 0.0724. The van der Waals surface area contributed by atoms with E-state index in [-0.39, 0.29) is 11.5 Å². The molecule has 0 aliphatic heterocycles. The molecule has 0 radical (unpaired) electrons. The molecule has 62 heavy (non-hydrogen) atoms. The number of esters is 2. The molecule has 0 bridgehead atoms. The van der Waals surface area contributed by atoms with Crippen LogP contribution in [0.5, 0.6) is 17.2 Å². The highest BCUT2D eigenvalue weighted by Gasteiger charge is 2.15. The van der Waals surface area contributed by atoms with Gasteiger partial charge in [-0.25, -0.2) is 9.59 Å². The molecule has 0 heterocycles. The van der Waals surface area contributed by atoms with E-state index in [2.05, 4.69) is 41.2 Å². The molecule has 0 spiro atoms. The molecule has 8 nitrogen and oxygen atoms in total. The Labute approximate surface area is 369 Å². The van der Waals surface area contributed by atoms with Gasteiger partial charge in [0.15, 0.2) is 0 Å². The average molecular weight is 836 g/mol. The second kappa shape index (κ2) is 26.4. The molecular formula is C54H65N3O5. The number of phenolic OH excluding ortho intramolecular Hbond substituents is 1. The highest BCUT2D eigenvalue weighted by Crippen LogP contribution is 2.28. The van der Waals surface area contributed by atoms with Crippen LogP contribution in [0.2, 0.25) is 0 Å². The fourth-order valence-electron chi connectivity index (χ4n) is 7.31. The Balaban J connectivity index is 1.06. The zero-order valence-corrected chi connectivity index (χ0v) is 37.1. The lowest BCUT2D eigenvalue weighted by Gasteiger charge is -2.09. The third-order valence-electron chi connectivity index (χ3n) is 11.2. The second-order valence-electron chi connectivity index (χ2n) is 16.2. The summed E-state index contributed by atoms with van der Waals surface area (Å²) in [5.74, 6) is -0.517. The Morgan fingerprint density at radius 2 is 1.03 bits per heavy atom. The van der Waals surface area contributed by atoms with E-state index in [0.29, 0.717) is 39.4 Å². The summed E-state index contributed by atoms with van der Waals surface area (Å²) >= 11 is 0. The van der Waals surface area contributed by atoms with Gasteiger partial charge in [0.25, 0.3) is 0 Å². The number of aromatic hydroxyl groups is 1. The molecule has 0 saturated heterocycles. The predicted octanol–water partition coefficient (Wildman–Crippen LogP) is 15.7. The second-order valence-corrected chi connectivity index (χ2v) is 16.2. The number of hydrogen-bond acceptors (Lipinski definition) is 8. The highest BCUT2D eigenvalue weighted by molar-refractivity contribution is 5.95. The minimum Gasteiger partial charge on any atom is -0.507 e. The van der Waals surface area contributed by atoms with Crippen LogP contribution in [0.4, 0.5) is 17.1 Å². The van der Waals surface area contributed by atoms with Crippen LogP contribution in [0.25, 0.3) is 0 Å². The van der Waals surface area contributed by atoms with Crippen LogP contribution < -0.4 is 9.47 Å². The average Bonchev–Trinajstić information content (AvgIpc) is 3.28. The molecule has 326 valence electrons. The van der Waals surface area contributed by atoms with E-state index in [1.165, 1.54) is 120 Å². The molecule has 0 amide bonds. The van der Waals surface area contributed by atoms with Crippen LogP contribution in [0, 0.1) is 6.92 Å². The maximum atomic E-state index is 13.2. The Morgan fingerprint density at radius 1 is 0.548 bits per heavy atom. The van der Waals surface area contributed by atoms with Gasteiger partial charge in [0.05, 0.1) is 28.2 Å². The van der Waals surface area contributed by atoms with E-state index < -0.39 is 11.9 Å². The van der Waals surface area contributed by atoms with Crippen LogP contribution in [0.3, 0.4) is 0 Å². The molecule has 0 unspecified atom stereocenters. The van der Waals surface area contributed by atoms with Crippen LogP contribution in [0.15, 0.2) is 124 Å². The molecule has 5 rings (SSSR count). The maximum Gasteiger partial charge on any atom is 0.343 e. The smallest absolute Gasteiger partial charge is 0.343 e. The van der Waals surface area contributed by atoms with Crippen molar-refractivity contribution in [3.63, 3.8) is 0 Å². The number of benzene rings is 5. The van der Waals surface area contributed by atoms with Gasteiger partial charge in [-0.15, -0.1) is 0 Å². The SMILES string of the molecule is CCCCCCCCCCCCc1ccc(N=Nc2ccc(OC(=O)c3cccc(N=Cc4ccc(OC(=O)c5ccc(CCCCCCCC)cc5)cc4O)c3C)cc2)cc1.